The molecule has 0 aliphatic heterocycles. The molecule has 0 saturated heterocycles. The van der Waals surface area contributed by atoms with Gasteiger partial charge in [0.05, 0.1) is 10.0 Å². The van der Waals surface area contributed by atoms with Gasteiger partial charge in [-0.15, -0.1) is 0 Å². The zero-order valence-electron chi connectivity index (χ0n) is 10.1. The Morgan fingerprint density at radius 3 is 2.32 bits per heavy atom. The van der Waals surface area contributed by atoms with Gasteiger partial charge in [-0.1, -0.05) is 65.7 Å². The van der Waals surface area contributed by atoms with Gasteiger partial charge in [-0.25, -0.2) is 0 Å². The van der Waals surface area contributed by atoms with Crippen LogP contribution in [0.3, 0.4) is 0 Å². The highest BCUT2D eigenvalue weighted by molar-refractivity contribution is 6.44. The summed E-state index contributed by atoms with van der Waals surface area (Å²) in [4.78, 5) is 10.6. The van der Waals surface area contributed by atoms with Crippen molar-refractivity contribution in [3.8, 4) is 11.1 Å². The first-order valence-electron chi connectivity index (χ1n) is 5.83. The Morgan fingerprint density at radius 1 is 1.00 bits per heavy atom. The standard InChI is InChI=1S/C15H12Cl2O2/c16-14-11(7-9-13(18)19)6-8-12(15(14)17)10-4-2-1-3-5-10/h1-6,8H,7,9H2,(H,18,19). The van der Waals surface area contributed by atoms with E-state index in [1.54, 1.807) is 0 Å². The number of rotatable bonds is 4. The maximum Gasteiger partial charge on any atom is 0.303 e. The quantitative estimate of drug-likeness (QED) is 0.889. The molecule has 0 saturated carbocycles. The van der Waals surface area contributed by atoms with Crippen LogP contribution in [0, 0.1) is 0 Å². The van der Waals surface area contributed by atoms with Crippen LogP contribution in [0.1, 0.15) is 12.0 Å². The molecule has 0 bridgehead atoms. The topological polar surface area (TPSA) is 37.3 Å². The average Bonchev–Trinajstić information content (AvgIpc) is 2.41. The van der Waals surface area contributed by atoms with E-state index in [4.69, 9.17) is 28.3 Å². The van der Waals surface area contributed by atoms with Crippen LogP contribution < -0.4 is 0 Å². The number of halogens is 2. The molecule has 0 fully saturated rings. The second-order valence-electron chi connectivity index (χ2n) is 4.16. The zero-order valence-corrected chi connectivity index (χ0v) is 11.6. The van der Waals surface area contributed by atoms with E-state index in [1.807, 2.05) is 42.5 Å². The molecular weight excluding hydrogens is 283 g/mol. The molecule has 2 rings (SSSR count). The van der Waals surface area contributed by atoms with Crippen molar-refractivity contribution in [3.63, 3.8) is 0 Å². The average molecular weight is 295 g/mol. The van der Waals surface area contributed by atoms with Crippen molar-refractivity contribution in [3.05, 3.63) is 58.1 Å². The van der Waals surface area contributed by atoms with E-state index in [-0.39, 0.29) is 6.42 Å². The maximum atomic E-state index is 10.6. The van der Waals surface area contributed by atoms with Gasteiger partial charge in [0.2, 0.25) is 0 Å². The monoisotopic (exact) mass is 294 g/mol. The van der Waals surface area contributed by atoms with E-state index in [9.17, 15) is 4.79 Å². The van der Waals surface area contributed by atoms with Crippen molar-refractivity contribution < 1.29 is 9.90 Å². The lowest BCUT2D eigenvalue weighted by atomic mass is 10.0. The number of carbonyl (C=O) groups is 1. The molecule has 0 aliphatic rings. The number of aryl methyl sites for hydroxylation is 1. The van der Waals surface area contributed by atoms with Crippen LogP contribution in [-0.2, 0) is 11.2 Å². The summed E-state index contributed by atoms with van der Waals surface area (Å²) in [5.41, 5.74) is 2.60. The Kier molecular flexibility index (Phi) is 4.46. The van der Waals surface area contributed by atoms with Crippen molar-refractivity contribution in [1.29, 1.82) is 0 Å². The molecule has 2 nitrogen and oxygen atoms in total. The van der Waals surface area contributed by atoms with E-state index < -0.39 is 5.97 Å². The SMILES string of the molecule is O=C(O)CCc1ccc(-c2ccccc2)c(Cl)c1Cl. The molecule has 0 atom stereocenters. The molecule has 2 aromatic carbocycles. The van der Waals surface area contributed by atoms with Gasteiger partial charge in [0.25, 0.3) is 0 Å². The third-order valence-corrected chi connectivity index (χ3v) is 3.78. The van der Waals surface area contributed by atoms with Gasteiger partial charge in [-0.05, 0) is 17.5 Å². The molecule has 2 aromatic rings. The van der Waals surface area contributed by atoms with E-state index in [1.165, 1.54) is 0 Å². The minimum Gasteiger partial charge on any atom is -0.481 e. The van der Waals surface area contributed by atoms with Gasteiger partial charge in [0.1, 0.15) is 0 Å². The Labute approximate surface area is 121 Å². The predicted octanol–water partition coefficient (Wildman–Crippen LogP) is 4.68. The molecule has 0 amide bonds. The van der Waals surface area contributed by atoms with Crippen LogP contribution in [0.15, 0.2) is 42.5 Å². The second kappa shape index (κ2) is 6.09. The largest absolute Gasteiger partial charge is 0.481 e. The van der Waals surface area contributed by atoms with Crippen molar-refractivity contribution in [2.45, 2.75) is 12.8 Å². The number of carboxylic acid groups (broad SMARTS) is 1. The highest BCUT2D eigenvalue weighted by atomic mass is 35.5. The predicted molar refractivity (Wildman–Crippen MR) is 77.9 cm³/mol. The summed E-state index contributed by atoms with van der Waals surface area (Å²) in [7, 11) is 0. The smallest absolute Gasteiger partial charge is 0.303 e. The minimum absolute atomic E-state index is 0.0424. The van der Waals surface area contributed by atoms with Crippen LogP contribution >= 0.6 is 23.2 Å². The summed E-state index contributed by atoms with van der Waals surface area (Å²) in [6.07, 6.45) is 0.420. The Morgan fingerprint density at radius 2 is 1.68 bits per heavy atom. The summed E-state index contributed by atoms with van der Waals surface area (Å²) >= 11 is 12.5. The lowest BCUT2D eigenvalue weighted by Gasteiger charge is -2.10. The van der Waals surface area contributed by atoms with Crippen LogP contribution in [0.4, 0.5) is 0 Å². The van der Waals surface area contributed by atoms with Gasteiger partial charge in [0.15, 0.2) is 0 Å². The van der Waals surface area contributed by atoms with Crippen molar-refractivity contribution in [1.82, 2.24) is 0 Å². The van der Waals surface area contributed by atoms with Gasteiger partial charge in [-0.2, -0.15) is 0 Å². The fourth-order valence-electron chi connectivity index (χ4n) is 1.86. The van der Waals surface area contributed by atoms with Crippen molar-refractivity contribution >= 4 is 29.2 Å². The van der Waals surface area contributed by atoms with Crippen LogP contribution in [0.2, 0.25) is 10.0 Å². The van der Waals surface area contributed by atoms with Crippen LogP contribution in [-0.4, -0.2) is 11.1 Å². The van der Waals surface area contributed by atoms with Crippen molar-refractivity contribution in [2.75, 3.05) is 0 Å². The molecule has 0 aliphatic carbocycles. The Bertz CT molecular complexity index is 595. The highest BCUT2D eigenvalue weighted by Gasteiger charge is 2.12. The molecule has 0 radical (unpaired) electrons. The number of hydrogen-bond donors (Lipinski definition) is 1. The third-order valence-electron chi connectivity index (χ3n) is 2.86. The number of hydrogen-bond acceptors (Lipinski definition) is 1. The first kappa shape index (κ1) is 13.9. The van der Waals surface area contributed by atoms with Gasteiger partial charge in [0, 0.05) is 12.0 Å². The summed E-state index contributed by atoms with van der Waals surface area (Å²) in [6, 6.07) is 13.4. The Hall–Kier alpha value is -1.51. The number of aliphatic carboxylic acids is 1. The maximum absolute atomic E-state index is 10.6. The lowest BCUT2D eigenvalue weighted by Crippen LogP contribution is -1.98. The summed E-state index contributed by atoms with van der Waals surface area (Å²) in [5.74, 6) is -0.848. The molecular formula is C15H12Cl2O2. The minimum atomic E-state index is -0.848. The molecule has 0 aromatic heterocycles. The molecule has 4 heteroatoms. The fourth-order valence-corrected chi connectivity index (χ4v) is 2.42. The molecule has 0 heterocycles. The molecule has 0 unspecified atom stereocenters. The molecule has 1 N–H and O–H groups in total. The number of benzene rings is 2. The van der Waals surface area contributed by atoms with E-state index in [0.717, 1.165) is 16.7 Å². The van der Waals surface area contributed by atoms with Crippen LogP contribution in [0.5, 0.6) is 0 Å². The highest BCUT2D eigenvalue weighted by Crippen LogP contribution is 2.36. The van der Waals surface area contributed by atoms with Gasteiger partial charge in [-0.3, -0.25) is 4.79 Å². The summed E-state index contributed by atoms with van der Waals surface area (Å²) in [5, 5.41) is 9.59. The fraction of sp³-hybridized carbons (Fsp3) is 0.133. The molecule has 0 spiro atoms. The second-order valence-corrected chi connectivity index (χ2v) is 4.92. The van der Waals surface area contributed by atoms with Gasteiger partial charge < -0.3 is 5.11 Å². The first-order chi connectivity index (χ1) is 9.09. The third kappa shape index (κ3) is 3.28. The van der Waals surface area contributed by atoms with E-state index in [2.05, 4.69) is 0 Å². The summed E-state index contributed by atoms with van der Waals surface area (Å²) in [6.45, 7) is 0. The summed E-state index contributed by atoms with van der Waals surface area (Å²) < 4.78 is 0. The van der Waals surface area contributed by atoms with E-state index >= 15 is 0 Å². The van der Waals surface area contributed by atoms with E-state index in [0.29, 0.717) is 16.5 Å². The first-order valence-corrected chi connectivity index (χ1v) is 6.59. The number of carboxylic acids is 1. The zero-order chi connectivity index (χ0) is 13.8. The Balaban J connectivity index is 2.35. The van der Waals surface area contributed by atoms with Gasteiger partial charge >= 0.3 is 5.97 Å². The van der Waals surface area contributed by atoms with Crippen LogP contribution in [0.25, 0.3) is 11.1 Å². The van der Waals surface area contributed by atoms with Crippen molar-refractivity contribution in [2.24, 2.45) is 0 Å². The molecule has 98 valence electrons. The lowest BCUT2D eigenvalue weighted by molar-refractivity contribution is -0.136. The normalized spacial score (nSPS) is 10.4. The molecule has 19 heavy (non-hydrogen) atoms.